The summed E-state index contributed by atoms with van der Waals surface area (Å²) >= 11 is 0. The zero-order valence-electron chi connectivity index (χ0n) is 26.0. The lowest BCUT2D eigenvalue weighted by atomic mass is 9.72. The lowest BCUT2D eigenvalue weighted by Gasteiger charge is -2.30. The van der Waals surface area contributed by atoms with Gasteiger partial charge in [-0.15, -0.1) is 0 Å². The van der Waals surface area contributed by atoms with E-state index >= 15 is 0 Å². The smallest absolute Gasteiger partial charge is 0.197 e. The summed E-state index contributed by atoms with van der Waals surface area (Å²) in [7, 11) is 0. The van der Waals surface area contributed by atoms with Crippen molar-refractivity contribution in [1.29, 1.82) is 0 Å². The minimum Gasteiger partial charge on any atom is -0.504 e. The van der Waals surface area contributed by atoms with Gasteiger partial charge in [0, 0.05) is 18.6 Å². The number of aromatic hydroxyl groups is 2. The monoisotopic (exact) mass is 572 g/mol. The Balaban J connectivity index is 1.64. The summed E-state index contributed by atoms with van der Waals surface area (Å²) in [6, 6.07) is 7.64. The average Bonchev–Trinajstić information content (AvgIpc) is 3.24. The molecule has 2 aromatic carbocycles. The fourth-order valence-electron chi connectivity index (χ4n) is 6.79. The van der Waals surface area contributed by atoms with E-state index in [1.807, 2.05) is 52.0 Å². The molecule has 2 aliphatic rings. The lowest BCUT2D eigenvalue weighted by molar-refractivity contribution is -0.0835. The maximum absolute atomic E-state index is 11.1. The van der Waals surface area contributed by atoms with E-state index < -0.39 is 12.6 Å². The van der Waals surface area contributed by atoms with Crippen LogP contribution in [-0.4, -0.2) is 62.4 Å². The van der Waals surface area contributed by atoms with E-state index in [2.05, 4.69) is 27.7 Å². The van der Waals surface area contributed by atoms with Crippen LogP contribution in [0.1, 0.15) is 90.5 Å². The van der Waals surface area contributed by atoms with E-state index in [0.717, 1.165) is 35.1 Å². The molecule has 2 unspecified atom stereocenters. The molecule has 2 atom stereocenters. The van der Waals surface area contributed by atoms with E-state index in [9.17, 15) is 10.2 Å². The molecule has 0 radical (unpaired) electrons. The van der Waals surface area contributed by atoms with Crippen LogP contribution < -0.4 is 9.47 Å². The van der Waals surface area contributed by atoms with Crippen molar-refractivity contribution < 1.29 is 38.6 Å². The van der Waals surface area contributed by atoms with Gasteiger partial charge in [0.25, 0.3) is 0 Å². The highest BCUT2D eigenvalue weighted by Crippen LogP contribution is 2.64. The van der Waals surface area contributed by atoms with Gasteiger partial charge in [0.15, 0.2) is 35.6 Å². The molecule has 2 N–H and O–H groups in total. The molecule has 0 aliphatic heterocycles. The summed E-state index contributed by atoms with van der Waals surface area (Å²) in [4.78, 5) is 0. The van der Waals surface area contributed by atoms with E-state index in [1.165, 1.54) is 0 Å². The highest BCUT2D eigenvalue weighted by atomic mass is 16.7. The second kappa shape index (κ2) is 12.4. The van der Waals surface area contributed by atoms with Crippen LogP contribution >= 0.6 is 0 Å². The van der Waals surface area contributed by atoms with Crippen molar-refractivity contribution >= 4 is 0 Å². The summed E-state index contributed by atoms with van der Waals surface area (Å²) in [5, 5.41) is 22.3. The third kappa shape index (κ3) is 6.46. The second-order valence-electron chi connectivity index (χ2n) is 12.4. The Kier molecular flexibility index (Phi) is 9.48. The minimum atomic E-state index is -0.537. The maximum atomic E-state index is 11.1. The topological polar surface area (TPSA) is 95.8 Å². The molecule has 2 aliphatic carbocycles. The van der Waals surface area contributed by atoms with Gasteiger partial charge in [-0.05, 0) is 97.9 Å². The number of rotatable bonds is 14. The zero-order valence-corrected chi connectivity index (χ0v) is 26.0. The fourth-order valence-corrected chi connectivity index (χ4v) is 6.79. The van der Waals surface area contributed by atoms with Crippen molar-refractivity contribution in [2.75, 3.05) is 39.6 Å². The lowest BCUT2D eigenvalue weighted by Crippen LogP contribution is -2.26. The van der Waals surface area contributed by atoms with Gasteiger partial charge in [0.2, 0.25) is 0 Å². The van der Waals surface area contributed by atoms with Crippen molar-refractivity contribution in [2.45, 2.75) is 97.1 Å². The number of fused-ring (bicyclic) bond motifs is 4. The molecule has 0 bridgehead atoms. The molecule has 41 heavy (non-hydrogen) atoms. The highest BCUT2D eigenvalue weighted by molar-refractivity contribution is 5.65. The van der Waals surface area contributed by atoms with Crippen LogP contribution in [0.15, 0.2) is 24.3 Å². The Labute approximate surface area is 244 Å². The van der Waals surface area contributed by atoms with Crippen molar-refractivity contribution in [1.82, 2.24) is 0 Å². The van der Waals surface area contributed by atoms with Gasteiger partial charge in [-0.2, -0.15) is 0 Å². The molecule has 8 heteroatoms. The van der Waals surface area contributed by atoms with E-state index in [0.29, 0.717) is 51.1 Å². The molecule has 0 amide bonds. The van der Waals surface area contributed by atoms with Crippen LogP contribution in [0, 0.1) is 0 Å². The standard InChI is InChI=1S/C33H48O8/c1-9-36-11-13-38-21(3)40-29-17-23-25(15-27(29)34)33(19-31(23,5)6)20-32(7,8)24-18-30(28(35)16-26(24)33)41-22(4)39-14-12-37-10-2/h15-18,21-22,34-35H,9-14,19-20H2,1-8H3. The molecule has 0 fully saturated rings. The first-order valence-corrected chi connectivity index (χ1v) is 14.8. The largest absolute Gasteiger partial charge is 0.504 e. The highest BCUT2D eigenvalue weighted by Gasteiger charge is 2.57. The van der Waals surface area contributed by atoms with Crippen molar-refractivity contribution in [2.24, 2.45) is 0 Å². The van der Waals surface area contributed by atoms with Crippen molar-refractivity contribution in [3.05, 3.63) is 46.5 Å². The second-order valence-corrected chi connectivity index (χ2v) is 12.4. The minimum absolute atomic E-state index is 0.0783. The Morgan fingerprint density at radius 2 is 1.02 bits per heavy atom. The summed E-state index contributed by atoms with van der Waals surface area (Å²) in [6.07, 6.45) is 0.604. The molecule has 0 heterocycles. The number of benzene rings is 2. The van der Waals surface area contributed by atoms with Crippen LogP contribution in [0.5, 0.6) is 23.0 Å². The van der Waals surface area contributed by atoms with E-state index in [1.54, 1.807) is 0 Å². The summed E-state index contributed by atoms with van der Waals surface area (Å²) in [5.74, 6) is 0.962. The molecule has 0 saturated heterocycles. The van der Waals surface area contributed by atoms with Crippen molar-refractivity contribution in [3.8, 4) is 23.0 Å². The first-order chi connectivity index (χ1) is 19.3. The van der Waals surface area contributed by atoms with Crippen LogP contribution in [0.25, 0.3) is 0 Å². The van der Waals surface area contributed by atoms with Crippen LogP contribution in [-0.2, 0) is 35.2 Å². The maximum Gasteiger partial charge on any atom is 0.197 e. The normalized spacial score (nSPS) is 21.5. The molecule has 0 aromatic heterocycles. The molecule has 0 saturated carbocycles. The molecule has 228 valence electrons. The summed E-state index contributed by atoms with van der Waals surface area (Å²) < 4.78 is 34.1. The van der Waals surface area contributed by atoms with Gasteiger partial charge in [0.05, 0.1) is 26.4 Å². The number of hydrogen-bond donors (Lipinski definition) is 2. The molecule has 8 nitrogen and oxygen atoms in total. The molecular formula is C33H48O8. The number of hydrogen-bond acceptors (Lipinski definition) is 8. The van der Waals surface area contributed by atoms with Gasteiger partial charge < -0.3 is 38.6 Å². The first-order valence-electron chi connectivity index (χ1n) is 14.8. The third-order valence-corrected chi connectivity index (χ3v) is 8.33. The molecule has 4 rings (SSSR count). The Bertz CT molecular complexity index is 1110. The van der Waals surface area contributed by atoms with Crippen molar-refractivity contribution in [3.63, 3.8) is 0 Å². The van der Waals surface area contributed by atoms with Crippen LogP contribution in [0.3, 0.4) is 0 Å². The van der Waals surface area contributed by atoms with Crippen LogP contribution in [0.2, 0.25) is 0 Å². The SMILES string of the molecule is CCOCCOC(C)Oc1cc2c(cc1O)C1(CC2(C)C)CC(C)(C)c2cc(OC(C)OCCOCC)c(O)cc21. The summed E-state index contributed by atoms with van der Waals surface area (Å²) in [6.45, 7) is 19.5. The van der Waals surface area contributed by atoms with E-state index in [4.69, 9.17) is 28.4 Å². The van der Waals surface area contributed by atoms with Gasteiger partial charge in [-0.1, -0.05) is 27.7 Å². The Hall–Kier alpha value is -2.52. The van der Waals surface area contributed by atoms with Gasteiger partial charge in [-0.25, -0.2) is 0 Å². The zero-order chi connectivity index (χ0) is 30.0. The van der Waals surface area contributed by atoms with E-state index in [-0.39, 0.29) is 27.7 Å². The quantitative estimate of drug-likeness (QED) is 0.201. The number of phenolic OH excluding ortho intramolecular Hbond substituents is 2. The predicted molar refractivity (Wildman–Crippen MR) is 157 cm³/mol. The van der Waals surface area contributed by atoms with Gasteiger partial charge >= 0.3 is 0 Å². The Morgan fingerprint density at radius 1 is 0.634 bits per heavy atom. The predicted octanol–water partition coefficient (Wildman–Crippen LogP) is 6.30. The summed E-state index contributed by atoms with van der Waals surface area (Å²) in [5.41, 5.74) is 3.66. The number of phenols is 2. The number of ether oxygens (including phenoxy) is 6. The molecule has 1 spiro atoms. The fraction of sp³-hybridized carbons (Fsp3) is 0.636. The molecular weight excluding hydrogens is 524 g/mol. The molecule has 2 aromatic rings. The van der Waals surface area contributed by atoms with Gasteiger partial charge in [-0.3, -0.25) is 0 Å². The Morgan fingerprint density at radius 3 is 1.39 bits per heavy atom. The van der Waals surface area contributed by atoms with Gasteiger partial charge in [0.1, 0.15) is 0 Å². The average molecular weight is 573 g/mol. The van der Waals surface area contributed by atoms with Crippen LogP contribution in [0.4, 0.5) is 0 Å². The first kappa shape index (κ1) is 31.4. The third-order valence-electron chi connectivity index (χ3n) is 8.33.